The summed E-state index contributed by atoms with van der Waals surface area (Å²) in [6, 6.07) is 1.52. The molecular weight excluding hydrogens is 148 g/mol. The maximum atomic E-state index is 10.4. The summed E-state index contributed by atoms with van der Waals surface area (Å²) in [5.41, 5.74) is 4.91. The van der Waals surface area contributed by atoms with Crippen LogP contribution in [0.2, 0.25) is 0 Å². The fourth-order valence-electron chi connectivity index (χ4n) is 0.645. The number of aromatic nitrogens is 1. The first-order valence-electron chi connectivity index (χ1n) is 3.00. The highest BCUT2D eigenvalue weighted by atomic mass is 16.5. The van der Waals surface area contributed by atoms with Crippen molar-refractivity contribution >= 4 is 5.91 Å². The SMILES string of the molecule is COc1cc(CC(N)=O)on1. The van der Waals surface area contributed by atoms with Gasteiger partial charge in [-0.2, -0.15) is 0 Å². The van der Waals surface area contributed by atoms with Gasteiger partial charge in [0.15, 0.2) is 0 Å². The molecule has 0 atom stereocenters. The number of amides is 1. The maximum absolute atomic E-state index is 10.4. The molecule has 60 valence electrons. The molecule has 0 aliphatic rings. The number of nitrogens with zero attached hydrogens (tertiary/aromatic N) is 1. The van der Waals surface area contributed by atoms with E-state index < -0.39 is 5.91 Å². The number of carbonyl (C=O) groups excluding carboxylic acids is 1. The lowest BCUT2D eigenvalue weighted by Gasteiger charge is -1.85. The number of primary amides is 1. The van der Waals surface area contributed by atoms with Gasteiger partial charge in [-0.25, -0.2) is 0 Å². The molecular formula is C6H8N2O3. The average molecular weight is 156 g/mol. The van der Waals surface area contributed by atoms with Gasteiger partial charge in [0, 0.05) is 6.07 Å². The Bertz CT molecular complexity index is 256. The average Bonchev–Trinajstić information content (AvgIpc) is 2.34. The lowest BCUT2D eigenvalue weighted by atomic mass is 10.3. The fraction of sp³-hybridized carbons (Fsp3) is 0.333. The van der Waals surface area contributed by atoms with E-state index in [1.165, 1.54) is 13.2 Å². The van der Waals surface area contributed by atoms with Crippen LogP contribution in [0.4, 0.5) is 0 Å². The fourth-order valence-corrected chi connectivity index (χ4v) is 0.645. The van der Waals surface area contributed by atoms with Crippen LogP contribution in [0.5, 0.6) is 5.88 Å². The van der Waals surface area contributed by atoms with Crippen molar-refractivity contribution in [2.75, 3.05) is 7.11 Å². The number of rotatable bonds is 3. The normalized spacial score (nSPS) is 9.55. The van der Waals surface area contributed by atoms with Gasteiger partial charge in [0.2, 0.25) is 5.91 Å². The summed E-state index contributed by atoms with van der Waals surface area (Å²) >= 11 is 0. The van der Waals surface area contributed by atoms with Crippen LogP contribution in [0, 0.1) is 0 Å². The first kappa shape index (κ1) is 7.59. The lowest BCUT2D eigenvalue weighted by Crippen LogP contribution is -2.12. The highest BCUT2D eigenvalue weighted by Crippen LogP contribution is 2.10. The molecule has 0 aromatic carbocycles. The van der Waals surface area contributed by atoms with Crippen molar-refractivity contribution in [1.82, 2.24) is 5.16 Å². The summed E-state index contributed by atoms with van der Waals surface area (Å²) in [6.07, 6.45) is 0.0519. The number of ether oxygens (including phenoxy) is 1. The van der Waals surface area contributed by atoms with Crippen LogP contribution < -0.4 is 10.5 Å². The molecule has 0 unspecified atom stereocenters. The molecule has 1 heterocycles. The lowest BCUT2D eigenvalue weighted by molar-refractivity contribution is -0.117. The molecule has 0 aliphatic heterocycles. The zero-order chi connectivity index (χ0) is 8.27. The van der Waals surface area contributed by atoms with Gasteiger partial charge in [-0.1, -0.05) is 0 Å². The molecule has 2 N–H and O–H groups in total. The minimum Gasteiger partial charge on any atom is -0.479 e. The zero-order valence-electron chi connectivity index (χ0n) is 6.03. The van der Waals surface area contributed by atoms with E-state index in [4.69, 9.17) is 15.0 Å². The summed E-state index contributed by atoms with van der Waals surface area (Å²) in [7, 11) is 1.46. The van der Waals surface area contributed by atoms with E-state index >= 15 is 0 Å². The molecule has 0 radical (unpaired) electrons. The maximum Gasteiger partial charge on any atom is 0.254 e. The standard InChI is InChI=1S/C6H8N2O3/c1-10-6-3-4(11-8-6)2-5(7)9/h3H,2H2,1H3,(H2,7,9). The van der Waals surface area contributed by atoms with E-state index in [1.54, 1.807) is 0 Å². The van der Waals surface area contributed by atoms with Crippen molar-refractivity contribution < 1.29 is 14.1 Å². The molecule has 1 aromatic heterocycles. The molecule has 5 heteroatoms. The monoisotopic (exact) mass is 156 g/mol. The molecule has 0 saturated carbocycles. The summed E-state index contributed by atoms with van der Waals surface area (Å²) < 4.78 is 9.41. The van der Waals surface area contributed by atoms with Gasteiger partial charge >= 0.3 is 0 Å². The van der Waals surface area contributed by atoms with Gasteiger partial charge in [-0.3, -0.25) is 4.79 Å². The molecule has 11 heavy (non-hydrogen) atoms. The number of methoxy groups -OCH3 is 1. The van der Waals surface area contributed by atoms with Crippen LogP contribution in [0.25, 0.3) is 0 Å². The Kier molecular flexibility index (Phi) is 2.10. The van der Waals surface area contributed by atoms with Gasteiger partial charge < -0.3 is 15.0 Å². The van der Waals surface area contributed by atoms with Crippen LogP contribution in [0.15, 0.2) is 10.6 Å². The van der Waals surface area contributed by atoms with Crippen molar-refractivity contribution in [2.24, 2.45) is 5.73 Å². The largest absolute Gasteiger partial charge is 0.479 e. The van der Waals surface area contributed by atoms with Crippen molar-refractivity contribution in [3.8, 4) is 5.88 Å². The summed E-state index contributed by atoms with van der Waals surface area (Å²) in [5, 5.41) is 3.48. The molecule has 5 nitrogen and oxygen atoms in total. The first-order chi connectivity index (χ1) is 5.22. The molecule has 0 aliphatic carbocycles. The Balaban J connectivity index is 2.65. The smallest absolute Gasteiger partial charge is 0.254 e. The van der Waals surface area contributed by atoms with E-state index in [1.807, 2.05) is 0 Å². The summed E-state index contributed by atoms with van der Waals surface area (Å²) in [6.45, 7) is 0. The van der Waals surface area contributed by atoms with E-state index in [-0.39, 0.29) is 6.42 Å². The highest BCUT2D eigenvalue weighted by molar-refractivity contribution is 5.75. The number of hydrogen-bond acceptors (Lipinski definition) is 4. The first-order valence-corrected chi connectivity index (χ1v) is 3.00. The van der Waals surface area contributed by atoms with Crippen molar-refractivity contribution in [1.29, 1.82) is 0 Å². The molecule has 1 aromatic rings. The third kappa shape index (κ3) is 1.96. The van der Waals surface area contributed by atoms with Crippen LogP contribution in [0.1, 0.15) is 5.76 Å². The van der Waals surface area contributed by atoms with Crippen molar-refractivity contribution in [2.45, 2.75) is 6.42 Å². The molecule has 1 amide bonds. The Morgan fingerprint density at radius 1 is 1.91 bits per heavy atom. The predicted molar refractivity (Wildman–Crippen MR) is 36.0 cm³/mol. The molecule has 0 saturated heterocycles. The third-order valence-corrected chi connectivity index (χ3v) is 1.09. The second-order valence-corrected chi connectivity index (χ2v) is 1.98. The van der Waals surface area contributed by atoms with Crippen molar-refractivity contribution in [3.63, 3.8) is 0 Å². The minimum absolute atomic E-state index is 0.0519. The van der Waals surface area contributed by atoms with E-state index in [0.717, 1.165) is 0 Å². The van der Waals surface area contributed by atoms with E-state index in [0.29, 0.717) is 11.6 Å². The van der Waals surface area contributed by atoms with E-state index in [9.17, 15) is 4.79 Å². The summed E-state index contributed by atoms with van der Waals surface area (Å²) in [5.74, 6) is 0.305. The van der Waals surface area contributed by atoms with Crippen LogP contribution in [0.3, 0.4) is 0 Å². The second-order valence-electron chi connectivity index (χ2n) is 1.98. The number of carbonyl (C=O) groups is 1. The van der Waals surface area contributed by atoms with Crippen molar-refractivity contribution in [3.05, 3.63) is 11.8 Å². The zero-order valence-corrected chi connectivity index (χ0v) is 6.03. The minimum atomic E-state index is -0.455. The van der Waals surface area contributed by atoms with Crippen LogP contribution >= 0.6 is 0 Å². The van der Waals surface area contributed by atoms with Gasteiger partial charge in [-0.05, 0) is 5.16 Å². The Hall–Kier alpha value is -1.52. The topological polar surface area (TPSA) is 78.4 Å². The quantitative estimate of drug-likeness (QED) is 0.652. The predicted octanol–water partition coefficient (Wildman–Crippen LogP) is -0.289. The van der Waals surface area contributed by atoms with E-state index in [2.05, 4.69) is 5.16 Å². The summed E-state index contributed by atoms with van der Waals surface area (Å²) in [4.78, 5) is 10.4. The molecule has 0 fully saturated rings. The van der Waals surface area contributed by atoms with Crippen LogP contribution in [-0.4, -0.2) is 18.2 Å². The molecule has 0 spiro atoms. The van der Waals surface area contributed by atoms with Gasteiger partial charge in [0.1, 0.15) is 5.76 Å². The molecule has 0 bridgehead atoms. The third-order valence-electron chi connectivity index (χ3n) is 1.09. The Morgan fingerprint density at radius 2 is 2.64 bits per heavy atom. The Morgan fingerprint density at radius 3 is 3.09 bits per heavy atom. The molecule has 1 rings (SSSR count). The number of nitrogens with two attached hydrogens (primary N) is 1. The van der Waals surface area contributed by atoms with Gasteiger partial charge in [-0.15, -0.1) is 0 Å². The van der Waals surface area contributed by atoms with Crippen LogP contribution in [-0.2, 0) is 11.2 Å². The van der Waals surface area contributed by atoms with Gasteiger partial charge in [0.05, 0.1) is 13.5 Å². The number of hydrogen-bond donors (Lipinski definition) is 1. The second kappa shape index (κ2) is 3.05. The van der Waals surface area contributed by atoms with Gasteiger partial charge in [0.25, 0.3) is 5.88 Å². The Labute approximate surface area is 63.1 Å². The highest BCUT2D eigenvalue weighted by Gasteiger charge is 2.05.